The Labute approximate surface area is 195 Å². The summed E-state index contributed by atoms with van der Waals surface area (Å²) in [6, 6.07) is 7.47. The van der Waals surface area contributed by atoms with E-state index in [1.165, 1.54) is 5.56 Å². The van der Waals surface area contributed by atoms with Gasteiger partial charge in [0.1, 0.15) is 0 Å². The van der Waals surface area contributed by atoms with Crippen LogP contribution in [0.5, 0.6) is 0 Å². The maximum absolute atomic E-state index is 10.2. The molecule has 132 valence electrons. The molecule has 2 rings (SSSR count). The molecule has 0 spiro atoms. The Balaban J connectivity index is -0.000000141. The Kier molecular flexibility index (Phi) is 24.4. The number of carboxylic acids is 1. The van der Waals surface area contributed by atoms with Crippen LogP contribution in [0.1, 0.15) is 22.5 Å². The Hall–Kier alpha value is -1.09. The van der Waals surface area contributed by atoms with Gasteiger partial charge in [-0.25, -0.2) is 6.92 Å². The number of aliphatic carboxylic acids is 1. The maximum atomic E-state index is 10.2. The molecule has 0 saturated carbocycles. The Morgan fingerprint density at radius 1 is 1.08 bits per heavy atom. The van der Waals surface area contributed by atoms with Crippen molar-refractivity contribution in [3.05, 3.63) is 66.1 Å². The molecule has 0 radical (unpaired) electrons. The summed E-state index contributed by atoms with van der Waals surface area (Å²) < 4.78 is 0. The number of hydrogen-bond acceptors (Lipinski definition) is 5. The molecule has 0 aromatic carbocycles. The number of carbonyl (C=O) groups is 1. The summed E-state index contributed by atoms with van der Waals surface area (Å²) >= 11 is 0. The average Bonchev–Trinajstić information content (AvgIpc) is 2.46. The number of nitrogens with zero attached hydrogens (tertiary/aromatic N) is 2. The van der Waals surface area contributed by atoms with Crippen molar-refractivity contribution >= 4 is 24.5 Å². The summed E-state index contributed by atoms with van der Waals surface area (Å²) in [6.45, 7) is 7.57. The van der Waals surface area contributed by atoms with Crippen molar-refractivity contribution in [2.24, 2.45) is 0 Å². The summed E-state index contributed by atoms with van der Waals surface area (Å²) in [5.74, 6) is -0.846. The number of carbonyl (C=O) groups excluding carboxylic acids is 2. The van der Waals surface area contributed by atoms with E-state index in [4.69, 9.17) is 14.7 Å². The fourth-order valence-electron chi connectivity index (χ4n) is 1.26. The van der Waals surface area contributed by atoms with Gasteiger partial charge in [-0.3, -0.25) is 14.8 Å². The van der Waals surface area contributed by atoms with Gasteiger partial charge in [-0.15, -0.1) is 24.2 Å². The van der Waals surface area contributed by atoms with Gasteiger partial charge in [-0.2, -0.15) is 15.7 Å². The van der Waals surface area contributed by atoms with Gasteiger partial charge in [0.2, 0.25) is 0 Å². The van der Waals surface area contributed by atoms with Crippen LogP contribution in [-0.2, 0) is 20.8 Å². The fraction of sp³-hybridized carbons (Fsp3) is 0.188. The number of rotatable bonds is 2. The third-order valence-corrected chi connectivity index (χ3v) is 2.28. The second-order valence-electron chi connectivity index (χ2n) is 4.31. The van der Waals surface area contributed by atoms with Gasteiger partial charge in [0.15, 0.2) is 0 Å². The van der Waals surface area contributed by atoms with Crippen LogP contribution in [0, 0.1) is 20.8 Å². The zero-order valence-corrected chi connectivity index (χ0v) is 18.3. The predicted molar refractivity (Wildman–Crippen MR) is 89.6 cm³/mol. The van der Waals surface area contributed by atoms with Gasteiger partial charge in [-0.05, 0) is 25.5 Å². The molecule has 0 atom stereocenters. The van der Waals surface area contributed by atoms with Crippen LogP contribution < -0.4 is 51.4 Å². The molecular weight excluding hydrogens is 375 g/mol. The molecule has 2 heterocycles. The third kappa shape index (κ3) is 19.1. The maximum Gasteiger partial charge on any atom is 1.00 e. The SMILES string of the molecule is Cc1ccc(CC(=O)O)nc1.Cl.O.O=C=O.[CH2-]c1ccc(C)cn1.[K+]. The van der Waals surface area contributed by atoms with Crippen LogP contribution in [0.4, 0.5) is 0 Å². The van der Waals surface area contributed by atoms with Crippen LogP contribution in [0.25, 0.3) is 0 Å². The first-order valence-corrected chi connectivity index (χ1v) is 6.26. The molecule has 0 bridgehead atoms. The zero-order chi connectivity index (χ0) is 17.0. The summed E-state index contributed by atoms with van der Waals surface area (Å²) in [6.07, 6.45) is 3.72. The smallest absolute Gasteiger partial charge is 0.481 e. The molecule has 0 fully saturated rings. The van der Waals surface area contributed by atoms with E-state index in [1.54, 1.807) is 12.3 Å². The number of aromatic nitrogens is 2. The van der Waals surface area contributed by atoms with Gasteiger partial charge >= 0.3 is 63.5 Å². The molecule has 0 aliphatic rings. The molecule has 2 aromatic rings. The standard InChI is InChI=1S/C8H9NO2.C7H8N.CO2.ClH.K.H2O/c1-6-2-3-7(9-5-6)4-8(10)11;1-6-3-4-7(2)8-5-6;2-1-3;;;/h2-3,5H,4H2,1H3,(H,10,11);3-5H,2H2,1H3;;1H;;1H2/q;-1;;;+1;. The van der Waals surface area contributed by atoms with Crippen LogP contribution in [0.3, 0.4) is 0 Å². The first-order chi connectivity index (χ1) is 10.4. The van der Waals surface area contributed by atoms with E-state index in [0.717, 1.165) is 11.3 Å². The normalized spacial score (nSPS) is 7.44. The van der Waals surface area contributed by atoms with Gasteiger partial charge in [-0.1, -0.05) is 11.6 Å². The number of aryl methyl sites for hydroxylation is 2. The molecule has 3 N–H and O–H groups in total. The van der Waals surface area contributed by atoms with E-state index in [9.17, 15) is 4.79 Å². The largest absolute Gasteiger partial charge is 1.00 e. The molecule has 25 heavy (non-hydrogen) atoms. The molecule has 2 aromatic heterocycles. The van der Waals surface area contributed by atoms with Crippen LogP contribution in [-0.4, -0.2) is 32.7 Å². The fourth-order valence-corrected chi connectivity index (χ4v) is 1.26. The van der Waals surface area contributed by atoms with Crippen molar-refractivity contribution in [1.29, 1.82) is 0 Å². The number of halogens is 1. The quantitative estimate of drug-likeness (QED) is 0.493. The third-order valence-electron chi connectivity index (χ3n) is 2.28. The topological polar surface area (TPSA) is 129 Å². The van der Waals surface area contributed by atoms with E-state index in [1.807, 2.05) is 38.2 Å². The molecule has 0 aliphatic heterocycles. The second kappa shape index (κ2) is 19.2. The minimum atomic E-state index is -0.846. The molecule has 0 saturated heterocycles. The number of hydrogen-bond donors (Lipinski definition) is 1. The van der Waals surface area contributed by atoms with E-state index < -0.39 is 5.97 Å². The van der Waals surface area contributed by atoms with Crippen molar-refractivity contribution in [2.75, 3.05) is 0 Å². The average molecular weight is 395 g/mol. The van der Waals surface area contributed by atoms with E-state index in [2.05, 4.69) is 16.9 Å². The first-order valence-electron chi connectivity index (χ1n) is 6.26. The Bertz CT molecular complexity index is 594. The monoisotopic (exact) mass is 394 g/mol. The van der Waals surface area contributed by atoms with Crippen molar-refractivity contribution in [1.82, 2.24) is 9.97 Å². The first kappa shape index (κ1) is 31.7. The van der Waals surface area contributed by atoms with Crippen LogP contribution in [0.15, 0.2) is 36.7 Å². The van der Waals surface area contributed by atoms with Gasteiger partial charge in [0.25, 0.3) is 0 Å². The summed E-state index contributed by atoms with van der Waals surface area (Å²) in [5.41, 5.74) is 3.65. The van der Waals surface area contributed by atoms with E-state index in [0.29, 0.717) is 5.69 Å². The van der Waals surface area contributed by atoms with Crippen LogP contribution >= 0.6 is 12.4 Å². The van der Waals surface area contributed by atoms with E-state index in [-0.39, 0.29) is 81.8 Å². The summed E-state index contributed by atoms with van der Waals surface area (Å²) in [4.78, 5) is 34.4. The van der Waals surface area contributed by atoms with Crippen molar-refractivity contribution < 1.29 is 76.4 Å². The molecule has 9 heteroatoms. The molecule has 0 amide bonds. The van der Waals surface area contributed by atoms with Gasteiger partial charge in [0.05, 0.1) is 12.1 Å². The minimum Gasteiger partial charge on any atom is -0.481 e. The van der Waals surface area contributed by atoms with Gasteiger partial charge < -0.3 is 10.6 Å². The molecule has 0 aliphatic carbocycles. The molecule has 0 unspecified atom stereocenters. The summed E-state index contributed by atoms with van der Waals surface area (Å²) in [5, 5.41) is 8.40. The van der Waals surface area contributed by atoms with Crippen molar-refractivity contribution in [3.8, 4) is 0 Å². The zero-order valence-electron chi connectivity index (χ0n) is 14.4. The number of carboxylic acid groups (broad SMARTS) is 1. The second-order valence-corrected chi connectivity index (χ2v) is 4.31. The number of pyridine rings is 2. The minimum absolute atomic E-state index is 0. The Morgan fingerprint density at radius 2 is 1.52 bits per heavy atom. The van der Waals surface area contributed by atoms with Gasteiger partial charge in [0, 0.05) is 12.4 Å². The van der Waals surface area contributed by atoms with Crippen molar-refractivity contribution in [3.63, 3.8) is 0 Å². The molecule has 7 nitrogen and oxygen atoms in total. The Morgan fingerprint density at radius 3 is 1.80 bits per heavy atom. The summed E-state index contributed by atoms with van der Waals surface area (Å²) in [7, 11) is 0. The van der Waals surface area contributed by atoms with Crippen molar-refractivity contribution in [2.45, 2.75) is 20.3 Å². The van der Waals surface area contributed by atoms with Crippen LogP contribution in [0.2, 0.25) is 0 Å². The predicted octanol–water partition coefficient (Wildman–Crippen LogP) is -1.39. The molecular formula is C16H20ClKN2O5. The van der Waals surface area contributed by atoms with E-state index >= 15 is 0 Å².